The van der Waals surface area contributed by atoms with Gasteiger partial charge in [-0.05, 0) is 0 Å². The van der Waals surface area contributed by atoms with E-state index < -0.39 is 15.2 Å². The Morgan fingerprint density at radius 3 is 2.00 bits per heavy atom. The molecule has 0 aliphatic rings. The summed E-state index contributed by atoms with van der Waals surface area (Å²) in [6.07, 6.45) is 2.26. The van der Waals surface area contributed by atoms with Gasteiger partial charge in [0.05, 0.1) is 0 Å². The second kappa shape index (κ2) is 3.87. The van der Waals surface area contributed by atoms with Crippen molar-refractivity contribution in [3.8, 4) is 0 Å². The Morgan fingerprint density at radius 2 is 2.00 bits per heavy atom. The maximum Gasteiger partial charge on any atom is 0.166 e. The van der Waals surface area contributed by atoms with Gasteiger partial charge >= 0.3 is 0 Å². The molecule has 56 valence electrons. The Hall–Kier alpha value is -0.0600. The molecule has 2 N–H and O–H groups in total. The molecule has 5 heteroatoms. The number of hydrogen-bond donors (Lipinski definition) is 1. The highest BCUT2D eigenvalue weighted by Crippen LogP contribution is 1.89. The van der Waals surface area contributed by atoms with E-state index >= 15 is 0 Å². The van der Waals surface area contributed by atoms with Crippen LogP contribution in [0.4, 0.5) is 0 Å². The SMILES string of the molecule is C=CC(N)S(C)(=O)=O.Cl. The first kappa shape index (κ1) is 11.7. The predicted octanol–water partition coefficient (Wildman–Crippen LogP) is -0.0764. The van der Waals surface area contributed by atoms with E-state index in [0.29, 0.717) is 0 Å². The van der Waals surface area contributed by atoms with E-state index in [1.165, 1.54) is 6.08 Å². The van der Waals surface area contributed by atoms with Gasteiger partial charge in [-0.3, -0.25) is 0 Å². The van der Waals surface area contributed by atoms with Crippen molar-refractivity contribution in [2.24, 2.45) is 5.73 Å². The van der Waals surface area contributed by atoms with E-state index in [9.17, 15) is 8.42 Å². The van der Waals surface area contributed by atoms with Gasteiger partial charge in [0.1, 0.15) is 5.37 Å². The first-order chi connectivity index (χ1) is 3.48. The molecule has 0 aliphatic heterocycles. The van der Waals surface area contributed by atoms with Gasteiger partial charge in [0.25, 0.3) is 0 Å². The van der Waals surface area contributed by atoms with Gasteiger partial charge in [-0.2, -0.15) is 0 Å². The second-order valence-corrected chi connectivity index (χ2v) is 3.73. The largest absolute Gasteiger partial charge is 0.312 e. The Labute approximate surface area is 61.3 Å². The molecule has 0 aliphatic carbocycles. The Kier molecular flexibility index (Phi) is 5.03. The molecule has 0 saturated carbocycles. The minimum absolute atomic E-state index is 0. The molecule has 0 aromatic carbocycles. The zero-order valence-corrected chi connectivity index (χ0v) is 6.71. The van der Waals surface area contributed by atoms with E-state index in [1.54, 1.807) is 0 Å². The summed E-state index contributed by atoms with van der Waals surface area (Å²) in [5, 5.41) is -0.914. The molecule has 0 rings (SSSR count). The monoisotopic (exact) mass is 171 g/mol. The van der Waals surface area contributed by atoms with Crippen LogP contribution < -0.4 is 5.73 Å². The van der Waals surface area contributed by atoms with Gasteiger partial charge in [-0.1, -0.05) is 6.08 Å². The summed E-state index contributed by atoms with van der Waals surface area (Å²) >= 11 is 0. The van der Waals surface area contributed by atoms with Crippen LogP contribution in [0, 0.1) is 0 Å². The highest BCUT2D eigenvalue weighted by Gasteiger charge is 2.08. The third-order valence-electron chi connectivity index (χ3n) is 0.727. The quantitative estimate of drug-likeness (QED) is 0.592. The molecule has 0 heterocycles. The van der Waals surface area contributed by atoms with Crippen LogP contribution in [0.2, 0.25) is 0 Å². The predicted molar refractivity (Wildman–Crippen MR) is 40.3 cm³/mol. The van der Waals surface area contributed by atoms with Crippen molar-refractivity contribution in [3.63, 3.8) is 0 Å². The first-order valence-electron chi connectivity index (χ1n) is 2.05. The lowest BCUT2D eigenvalue weighted by Gasteiger charge is -1.99. The molecule has 0 aromatic rings. The molecule has 0 bridgehead atoms. The summed E-state index contributed by atoms with van der Waals surface area (Å²) in [5.41, 5.74) is 5.04. The molecule has 0 radical (unpaired) electrons. The van der Waals surface area contributed by atoms with Crippen molar-refractivity contribution in [1.82, 2.24) is 0 Å². The van der Waals surface area contributed by atoms with Gasteiger partial charge in [-0.25, -0.2) is 8.42 Å². The number of nitrogens with two attached hydrogens (primary N) is 1. The first-order valence-corrected chi connectivity index (χ1v) is 4.01. The van der Waals surface area contributed by atoms with Crippen LogP contribution in [0.1, 0.15) is 0 Å². The molecule has 9 heavy (non-hydrogen) atoms. The number of rotatable bonds is 2. The highest BCUT2D eigenvalue weighted by molar-refractivity contribution is 7.91. The van der Waals surface area contributed by atoms with Crippen molar-refractivity contribution in [2.45, 2.75) is 5.37 Å². The fraction of sp³-hybridized carbons (Fsp3) is 0.500. The average Bonchev–Trinajstić information content (AvgIpc) is 1.62. The molecule has 0 saturated heterocycles. The van der Waals surface area contributed by atoms with Crippen LogP contribution in [0.5, 0.6) is 0 Å². The molecular weight excluding hydrogens is 162 g/mol. The molecule has 3 nitrogen and oxygen atoms in total. The van der Waals surface area contributed by atoms with Crippen molar-refractivity contribution in [3.05, 3.63) is 12.7 Å². The fourth-order valence-corrected chi connectivity index (χ4v) is 0.524. The maximum atomic E-state index is 10.4. The Bertz CT molecular complexity index is 175. The third-order valence-corrected chi connectivity index (χ3v) is 1.91. The summed E-state index contributed by atoms with van der Waals surface area (Å²) in [5.74, 6) is 0. The normalized spacial score (nSPS) is 13.6. The van der Waals surface area contributed by atoms with Crippen molar-refractivity contribution >= 4 is 22.2 Å². The summed E-state index contributed by atoms with van der Waals surface area (Å²) < 4.78 is 20.7. The van der Waals surface area contributed by atoms with Crippen LogP contribution in [0.3, 0.4) is 0 Å². The van der Waals surface area contributed by atoms with Crippen LogP contribution in [-0.2, 0) is 9.84 Å². The second-order valence-electron chi connectivity index (χ2n) is 1.53. The fourth-order valence-electron chi connectivity index (χ4n) is 0.175. The molecule has 0 fully saturated rings. The van der Waals surface area contributed by atoms with Crippen molar-refractivity contribution in [2.75, 3.05) is 6.26 Å². The van der Waals surface area contributed by atoms with Gasteiger partial charge in [-0.15, -0.1) is 19.0 Å². The number of hydrogen-bond acceptors (Lipinski definition) is 3. The van der Waals surface area contributed by atoms with Gasteiger partial charge in [0, 0.05) is 6.26 Å². The topological polar surface area (TPSA) is 60.2 Å². The molecule has 0 amide bonds. The van der Waals surface area contributed by atoms with Crippen molar-refractivity contribution in [1.29, 1.82) is 0 Å². The van der Waals surface area contributed by atoms with Gasteiger partial charge in [0.2, 0.25) is 0 Å². The van der Waals surface area contributed by atoms with E-state index in [0.717, 1.165) is 6.26 Å². The average molecular weight is 172 g/mol. The standard InChI is InChI=1S/C4H9NO2S.ClH/c1-3-4(5)8(2,6)7;/h3-4H,1,5H2,2H3;1H. The van der Waals surface area contributed by atoms with Gasteiger partial charge in [0.15, 0.2) is 9.84 Å². The Morgan fingerprint density at radius 1 is 1.67 bits per heavy atom. The summed E-state index contributed by atoms with van der Waals surface area (Å²) in [4.78, 5) is 0. The lowest BCUT2D eigenvalue weighted by Crippen LogP contribution is -2.26. The van der Waals surface area contributed by atoms with Crippen LogP contribution in [0.25, 0.3) is 0 Å². The number of halogens is 1. The highest BCUT2D eigenvalue weighted by atomic mass is 35.5. The van der Waals surface area contributed by atoms with E-state index in [-0.39, 0.29) is 12.4 Å². The molecular formula is C4H10ClNO2S. The zero-order valence-electron chi connectivity index (χ0n) is 5.07. The van der Waals surface area contributed by atoms with Crippen molar-refractivity contribution < 1.29 is 8.42 Å². The minimum atomic E-state index is -3.09. The minimum Gasteiger partial charge on any atom is -0.312 e. The maximum absolute atomic E-state index is 10.4. The summed E-state index contributed by atoms with van der Waals surface area (Å²) in [6, 6.07) is 0. The third kappa shape index (κ3) is 4.44. The lowest BCUT2D eigenvalue weighted by atomic mass is 10.7. The molecule has 0 spiro atoms. The zero-order chi connectivity index (χ0) is 6.78. The van der Waals surface area contributed by atoms with E-state index in [2.05, 4.69) is 6.58 Å². The van der Waals surface area contributed by atoms with Crippen LogP contribution in [0.15, 0.2) is 12.7 Å². The summed E-state index contributed by atoms with van der Waals surface area (Å²) in [7, 11) is -3.09. The van der Waals surface area contributed by atoms with Crippen LogP contribution in [-0.4, -0.2) is 20.0 Å². The molecule has 1 unspecified atom stereocenters. The van der Waals surface area contributed by atoms with Gasteiger partial charge < -0.3 is 5.73 Å². The van der Waals surface area contributed by atoms with Crippen LogP contribution >= 0.6 is 12.4 Å². The lowest BCUT2D eigenvalue weighted by molar-refractivity contribution is 0.595. The number of sulfone groups is 1. The molecule has 0 aromatic heterocycles. The van der Waals surface area contributed by atoms with E-state index in [4.69, 9.17) is 5.73 Å². The molecule has 1 atom stereocenters. The Balaban J connectivity index is 0. The smallest absolute Gasteiger partial charge is 0.166 e. The summed E-state index contributed by atoms with van der Waals surface area (Å²) in [6.45, 7) is 3.22. The van der Waals surface area contributed by atoms with E-state index in [1.807, 2.05) is 0 Å².